The van der Waals surface area contributed by atoms with E-state index in [-0.39, 0.29) is 52.6 Å². The Morgan fingerprint density at radius 2 is 1.94 bits per heavy atom. The van der Waals surface area contributed by atoms with E-state index in [1.54, 1.807) is 0 Å². The minimum Gasteiger partial charge on any atom is -0.414 e. The summed E-state index contributed by atoms with van der Waals surface area (Å²) in [6.45, 7) is 8.87. The average molecular weight is 316 g/mol. The molecule has 0 aromatic rings. The van der Waals surface area contributed by atoms with E-state index < -0.39 is 8.32 Å². The zero-order valence-corrected chi connectivity index (χ0v) is 14.6. The van der Waals surface area contributed by atoms with Gasteiger partial charge < -0.3 is 4.43 Å². The van der Waals surface area contributed by atoms with Crippen molar-refractivity contribution in [1.29, 1.82) is 0 Å². The largest absolute Gasteiger partial charge is 0.414 e. The Kier molecular flexibility index (Phi) is 13.8. The summed E-state index contributed by atoms with van der Waals surface area (Å²) in [5.41, 5.74) is 1.25. The van der Waals surface area contributed by atoms with Crippen LogP contribution in [0.15, 0.2) is 17.7 Å². The van der Waals surface area contributed by atoms with Gasteiger partial charge in [0.05, 0.1) is 0 Å². The molecule has 1 nitrogen and oxygen atoms in total. The third-order valence-corrected chi connectivity index (χ3v) is 2.93. The summed E-state index contributed by atoms with van der Waals surface area (Å²) in [5, 5.41) is 0. The molecule has 0 amide bonds. The van der Waals surface area contributed by atoms with Crippen molar-refractivity contribution in [2.45, 2.75) is 45.5 Å². The maximum atomic E-state index is 6.06. The standard InChI is InChI=1S/C11H19OSi.2ClH.Ti/c1-5-11(12-13(2,3)4)10-8-6-7-9-10;;;/h6,8,11H,5,7H2,1-4H3;2*1H;/q-1;;;. The van der Waals surface area contributed by atoms with E-state index in [0.29, 0.717) is 0 Å². The summed E-state index contributed by atoms with van der Waals surface area (Å²) in [7, 11) is -1.40. The summed E-state index contributed by atoms with van der Waals surface area (Å²) < 4.78 is 6.06. The molecule has 1 aliphatic rings. The molecule has 0 bridgehead atoms. The third-order valence-electron chi connectivity index (χ3n) is 1.93. The summed E-state index contributed by atoms with van der Waals surface area (Å²) >= 11 is 0. The van der Waals surface area contributed by atoms with E-state index in [9.17, 15) is 0 Å². The fraction of sp³-hybridized carbons (Fsp3) is 0.636. The van der Waals surface area contributed by atoms with Crippen molar-refractivity contribution >= 4 is 33.1 Å². The van der Waals surface area contributed by atoms with Crippen LogP contribution in [-0.4, -0.2) is 14.4 Å². The van der Waals surface area contributed by atoms with Crippen molar-refractivity contribution in [1.82, 2.24) is 0 Å². The molecular formula is C11H21Cl2OSiTi-. The van der Waals surface area contributed by atoms with Gasteiger partial charge >= 0.3 is 0 Å². The Labute approximate surface area is 128 Å². The van der Waals surface area contributed by atoms with Gasteiger partial charge in [-0.2, -0.15) is 11.6 Å². The Balaban J connectivity index is -0.000000563. The minimum absolute atomic E-state index is 0. The van der Waals surface area contributed by atoms with Crippen LogP contribution < -0.4 is 0 Å². The molecule has 1 rings (SSSR count). The molecular weight excluding hydrogens is 295 g/mol. The van der Waals surface area contributed by atoms with Crippen LogP contribution in [-0.2, 0) is 26.1 Å². The fourth-order valence-corrected chi connectivity index (χ4v) is 2.58. The molecule has 0 spiro atoms. The van der Waals surface area contributed by atoms with Crippen molar-refractivity contribution in [3.05, 3.63) is 23.8 Å². The third kappa shape index (κ3) is 8.10. The Hall–Kier alpha value is 0.951. The molecule has 0 aliphatic heterocycles. The van der Waals surface area contributed by atoms with Crippen molar-refractivity contribution in [3.63, 3.8) is 0 Å². The van der Waals surface area contributed by atoms with Gasteiger partial charge in [-0.3, -0.25) is 6.08 Å². The van der Waals surface area contributed by atoms with Crippen LogP contribution in [0.25, 0.3) is 0 Å². The molecule has 0 fully saturated rings. The maximum absolute atomic E-state index is 6.06. The minimum atomic E-state index is -1.40. The fourth-order valence-electron chi connectivity index (χ4n) is 1.44. The SMILES string of the molecule is CCC(O[Si](C)(C)C)C1=[C-]CC=C1.Cl.Cl.[Ti]. The van der Waals surface area contributed by atoms with E-state index in [1.807, 2.05) is 0 Å². The molecule has 0 radical (unpaired) electrons. The molecule has 0 aromatic heterocycles. The van der Waals surface area contributed by atoms with E-state index in [2.05, 4.69) is 44.8 Å². The van der Waals surface area contributed by atoms with Crippen LogP contribution in [0.2, 0.25) is 19.6 Å². The number of hydrogen-bond donors (Lipinski definition) is 0. The Morgan fingerprint density at radius 1 is 1.38 bits per heavy atom. The zero-order valence-electron chi connectivity index (χ0n) is 10.4. The monoisotopic (exact) mass is 315 g/mol. The topological polar surface area (TPSA) is 9.23 Å². The molecule has 16 heavy (non-hydrogen) atoms. The van der Waals surface area contributed by atoms with Gasteiger partial charge in [-0.05, 0) is 26.1 Å². The number of hydrogen-bond acceptors (Lipinski definition) is 1. The van der Waals surface area contributed by atoms with Gasteiger partial charge in [0, 0.05) is 27.8 Å². The second-order valence-corrected chi connectivity index (χ2v) is 8.83. The van der Waals surface area contributed by atoms with Gasteiger partial charge in [-0.25, -0.2) is 6.08 Å². The first-order valence-electron chi connectivity index (χ1n) is 4.98. The van der Waals surface area contributed by atoms with Crippen LogP contribution in [0.5, 0.6) is 0 Å². The van der Waals surface area contributed by atoms with Crippen LogP contribution in [0.4, 0.5) is 0 Å². The predicted molar refractivity (Wildman–Crippen MR) is 73.5 cm³/mol. The molecule has 0 heterocycles. The second kappa shape index (κ2) is 9.93. The van der Waals surface area contributed by atoms with Crippen LogP contribution in [0.3, 0.4) is 0 Å². The van der Waals surface area contributed by atoms with E-state index in [4.69, 9.17) is 4.43 Å². The smallest absolute Gasteiger partial charge is 0.184 e. The number of allylic oxidation sites excluding steroid dienone is 2. The Bertz CT molecular complexity index is 237. The molecule has 0 saturated carbocycles. The summed E-state index contributed by atoms with van der Waals surface area (Å²) in [5.74, 6) is 0. The van der Waals surface area contributed by atoms with Crippen molar-refractivity contribution in [3.8, 4) is 0 Å². The molecule has 1 atom stereocenters. The van der Waals surface area contributed by atoms with Gasteiger partial charge in [0.15, 0.2) is 8.32 Å². The van der Waals surface area contributed by atoms with Gasteiger partial charge in [-0.1, -0.05) is 6.92 Å². The summed E-state index contributed by atoms with van der Waals surface area (Å²) in [6.07, 6.45) is 9.92. The van der Waals surface area contributed by atoms with Crippen molar-refractivity contribution < 1.29 is 26.1 Å². The van der Waals surface area contributed by atoms with E-state index in [0.717, 1.165) is 12.8 Å². The molecule has 94 valence electrons. The van der Waals surface area contributed by atoms with Gasteiger partial charge in [-0.15, -0.1) is 31.2 Å². The van der Waals surface area contributed by atoms with E-state index in [1.165, 1.54) is 5.57 Å². The van der Waals surface area contributed by atoms with E-state index >= 15 is 0 Å². The first-order chi connectivity index (χ1) is 6.03. The summed E-state index contributed by atoms with van der Waals surface area (Å²) in [4.78, 5) is 0. The van der Waals surface area contributed by atoms with Crippen LogP contribution in [0.1, 0.15) is 19.8 Å². The van der Waals surface area contributed by atoms with Crippen LogP contribution in [0, 0.1) is 6.08 Å². The average Bonchev–Trinajstić information content (AvgIpc) is 2.50. The molecule has 1 unspecified atom stereocenters. The molecule has 0 aromatic carbocycles. The number of halogens is 2. The predicted octanol–water partition coefficient (Wildman–Crippen LogP) is 4.15. The Morgan fingerprint density at radius 3 is 2.25 bits per heavy atom. The first-order valence-corrected chi connectivity index (χ1v) is 8.39. The summed E-state index contributed by atoms with van der Waals surface area (Å²) in [6, 6.07) is 0. The quantitative estimate of drug-likeness (QED) is 0.559. The first kappa shape index (κ1) is 22.2. The molecule has 1 aliphatic carbocycles. The van der Waals surface area contributed by atoms with Gasteiger partial charge in [0.2, 0.25) is 0 Å². The molecule has 5 heteroatoms. The van der Waals surface area contributed by atoms with Crippen molar-refractivity contribution in [2.75, 3.05) is 0 Å². The molecule has 0 N–H and O–H groups in total. The second-order valence-electron chi connectivity index (χ2n) is 4.37. The normalized spacial score (nSPS) is 15.4. The maximum Gasteiger partial charge on any atom is 0.184 e. The van der Waals surface area contributed by atoms with Gasteiger partial charge in [0.1, 0.15) is 0 Å². The van der Waals surface area contributed by atoms with Crippen molar-refractivity contribution in [2.24, 2.45) is 0 Å². The number of rotatable bonds is 4. The van der Waals surface area contributed by atoms with Crippen LogP contribution >= 0.6 is 24.8 Å². The van der Waals surface area contributed by atoms with Gasteiger partial charge in [0.25, 0.3) is 0 Å². The molecule has 0 saturated heterocycles. The zero-order chi connectivity index (χ0) is 9.90.